The lowest BCUT2D eigenvalue weighted by molar-refractivity contribution is -0.148. The van der Waals surface area contributed by atoms with Crippen molar-refractivity contribution in [1.82, 2.24) is 9.47 Å². The van der Waals surface area contributed by atoms with E-state index < -0.39 is 41.4 Å². The van der Waals surface area contributed by atoms with Crippen molar-refractivity contribution in [2.24, 2.45) is 0 Å². The number of aldehydes is 1. The van der Waals surface area contributed by atoms with E-state index in [1.165, 1.54) is 0 Å². The summed E-state index contributed by atoms with van der Waals surface area (Å²) in [5.41, 5.74) is -0.825. The number of para-hydroxylation sites is 1. The van der Waals surface area contributed by atoms with E-state index in [4.69, 9.17) is 14.2 Å². The van der Waals surface area contributed by atoms with Crippen molar-refractivity contribution in [2.75, 3.05) is 7.11 Å². The molecule has 0 radical (unpaired) electrons. The highest BCUT2D eigenvalue weighted by Crippen LogP contribution is 2.29. The van der Waals surface area contributed by atoms with Crippen molar-refractivity contribution >= 4 is 35.3 Å². The second-order valence-electron chi connectivity index (χ2n) is 9.67. The number of carbonyl (C=O) groups is 4. The number of carbonyl (C=O) groups excluding carboxylic acids is 4. The number of amides is 2. The van der Waals surface area contributed by atoms with Crippen molar-refractivity contribution in [3.63, 3.8) is 0 Å². The van der Waals surface area contributed by atoms with E-state index in [9.17, 15) is 19.2 Å². The minimum Gasteiger partial charge on any atom is -0.467 e. The topological polar surface area (TPSA) is 104 Å². The third kappa shape index (κ3) is 6.12. The summed E-state index contributed by atoms with van der Waals surface area (Å²) in [6.45, 7) is 11.5. The van der Waals surface area contributed by atoms with Gasteiger partial charge in [0, 0.05) is 22.7 Å². The van der Waals surface area contributed by atoms with Crippen LogP contribution in [0.2, 0.25) is 0 Å². The van der Waals surface area contributed by atoms with Crippen LogP contribution >= 0.6 is 0 Å². The van der Waals surface area contributed by atoms with Gasteiger partial charge in [-0.1, -0.05) is 18.2 Å². The summed E-state index contributed by atoms with van der Waals surface area (Å²) < 4.78 is 17.5. The Morgan fingerprint density at radius 1 is 0.970 bits per heavy atom. The SMILES string of the molecule is COC(=O)C(C(C)n1cc(C=O)c2ccccc21)N(C(=O)OC(C)(C)C)C(=O)OC(C)(C)C. The Kier molecular flexibility index (Phi) is 7.57. The molecule has 1 aromatic heterocycles. The summed E-state index contributed by atoms with van der Waals surface area (Å²) in [5, 5.41) is 0.670. The lowest BCUT2D eigenvalue weighted by Gasteiger charge is -2.35. The van der Waals surface area contributed by atoms with Gasteiger partial charge in [0.15, 0.2) is 12.3 Å². The zero-order chi connectivity index (χ0) is 25.1. The Morgan fingerprint density at radius 3 is 1.94 bits per heavy atom. The number of benzene rings is 1. The van der Waals surface area contributed by atoms with Crippen LogP contribution in [0.25, 0.3) is 10.9 Å². The molecule has 0 N–H and O–H groups in total. The number of hydrogen-bond acceptors (Lipinski definition) is 7. The van der Waals surface area contributed by atoms with Crippen LogP contribution in [0.1, 0.15) is 64.9 Å². The normalized spacial score (nSPS) is 13.7. The average Bonchev–Trinajstić information content (AvgIpc) is 3.07. The summed E-state index contributed by atoms with van der Waals surface area (Å²) in [5.74, 6) is -0.843. The molecule has 2 aromatic rings. The Morgan fingerprint density at radius 2 is 1.48 bits per heavy atom. The number of rotatable bonds is 5. The Balaban J connectivity index is 2.66. The molecule has 0 fully saturated rings. The molecule has 180 valence electrons. The van der Waals surface area contributed by atoms with Gasteiger partial charge in [-0.2, -0.15) is 4.90 Å². The van der Waals surface area contributed by atoms with Crippen molar-refractivity contribution < 1.29 is 33.4 Å². The zero-order valence-corrected chi connectivity index (χ0v) is 20.4. The first-order chi connectivity index (χ1) is 15.2. The van der Waals surface area contributed by atoms with Crippen LogP contribution in [0.5, 0.6) is 0 Å². The number of ether oxygens (including phenoxy) is 3. The van der Waals surface area contributed by atoms with E-state index in [0.717, 1.165) is 7.11 Å². The molecule has 33 heavy (non-hydrogen) atoms. The highest BCUT2D eigenvalue weighted by atomic mass is 16.6. The fourth-order valence-electron chi connectivity index (χ4n) is 3.38. The number of imide groups is 1. The summed E-state index contributed by atoms with van der Waals surface area (Å²) >= 11 is 0. The predicted octanol–water partition coefficient (Wildman–Crippen LogP) is 4.73. The predicted molar refractivity (Wildman–Crippen MR) is 122 cm³/mol. The van der Waals surface area contributed by atoms with Gasteiger partial charge in [-0.3, -0.25) is 4.79 Å². The summed E-state index contributed by atoms with van der Waals surface area (Å²) in [6.07, 6.45) is 0.177. The lowest BCUT2D eigenvalue weighted by atomic mass is 10.1. The number of fused-ring (bicyclic) bond motifs is 1. The first kappa shape index (κ1) is 25.9. The number of hydrogen-bond donors (Lipinski definition) is 0. The summed E-state index contributed by atoms with van der Waals surface area (Å²) in [7, 11) is 1.16. The average molecular weight is 461 g/mol. The van der Waals surface area contributed by atoms with Crippen molar-refractivity contribution in [1.29, 1.82) is 0 Å². The molecule has 0 aliphatic heterocycles. The van der Waals surface area contributed by atoms with Crippen LogP contribution in [-0.2, 0) is 19.0 Å². The molecule has 2 unspecified atom stereocenters. The van der Waals surface area contributed by atoms with E-state index >= 15 is 0 Å². The van der Waals surface area contributed by atoms with Gasteiger partial charge in [0.25, 0.3) is 0 Å². The standard InChI is InChI=1S/C24H32N2O7/c1-15(25-13-16(14-27)17-11-9-10-12-18(17)25)19(20(28)31-8)26(21(29)32-23(2,3)4)22(30)33-24(5,6)7/h9-15,19H,1-8H3. The van der Waals surface area contributed by atoms with E-state index in [1.807, 2.05) is 0 Å². The largest absolute Gasteiger partial charge is 0.467 e. The number of aromatic nitrogens is 1. The fourth-order valence-corrected chi connectivity index (χ4v) is 3.38. The highest BCUT2D eigenvalue weighted by Gasteiger charge is 2.44. The lowest BCUT2D eigenvalue weighted by Crippen LogP contribution is -2.55. The Labute approximate surface area is 193 Å². The van der Waals surface area contributed by atoms with Crippen LogP contribution in [0.15, 0.2) is 30.5 Å². The van der Waals surface area contributed by atoms with Gasteiger partial charge in [0.05, 0.1) is 13.2 Å². The van der Waals surface area contributed by atoms with Gasteiger partial charge in [-0.05, 0) is 54.5 Å². The Hall–Kier alpha value is -3.36. The molecule has 1 heterocycles. The van der Waals surface area contributed by atoms with Crippen molar-refractivity contribution in [3.05, 3.63) is 36.0 Å². The molecular formula is C24H32N2O7. The number of nitrogens with zero attached hydrogens (tertiary/aromatic N) is 2. The second kappa shape index (κ2) is 9.64. The van der Waals surface area contributed by atoms with E-state index in [0.29, 0.717) is 27.7 Å². The molecule has 2 rings (SSSR count). The van der Waals surface area contributed by atoms with Crippen LogP contribution in [0.3, 0.4) is 0 Å². The number of esters is 1. The van der Waals surface area contributed by atoms with E-state index in [1.54, 1.807) is 83.5 Å². The van der Waals surface area contributed by atoms with Gasteiger partial charge in [0.2, 0.25) is 0 Å². The van der Waals surface area contributed by atoms with Crippen molar-refractivity contribution in [2.45, 2.75) is 71.8 Å². The van der Waals surface area contributed by atoms with Crippen LogP contribution in [0.4, 0.5) is 9.59 Å². The first-order valence-electron chi connectivity index (χ1n) is 10.6. The third-order valence-electron chi connectivity index (χ3n) is 4.70. The monoisotopic (exact) mass is 460 g/mol. The number of methoxy groups -OCH3 is 1. The smallest absolute Gasteiger partial charge is 0.420 e. The molecule has 0 saturated carbocycles. The third-order valence-corrected chi connectivity index (χ3v) is 4.70. The van der Waals surface area contributed by atoms with Crippen LogP contribution < -0.4 is 0 Å². The maximum atomic E-state index is 13.1. The molecule has 0 saturated heterocycles. The minimum atomic E-state index is -1.44. The highest BCUT2D eigenvalue weighted by molar-refractivity contribution is 5.98. The first-order valence-corrected chi connectivity index (χ1v) is 10.6. The van der Waals surface area contributed by atoms with Crippen LogP contribution in [-0.4, -0.2) is 58.3 Å². The van der Waals surface area contributed by atoms with E-state index in [-0.39, 0.29) is 0 Å². The van der Waals surface area contributed by atoms with Gasteiger partial charge in [-0.15, -0.1) is 0 Å². The quantitative estimate of drug-likeness (QED) is 0.361. The second-order valence-corrected chi connectivity index (χ2v) is 9.67. The fraction of sp³-hybridized carbons (Fsp3) is 0.500. The maximum absolute atomic E-state index is 13.1. The maximum Gasteiger partial charge on any atom is 0.420 e. The summed E-state index contributed by atoms with van der Waals surface area (Å²) in [6, 6.07) is 4.86. The molecule has 9 heteroatoms. The molecule has 2 atom stereocenters. The molecule has 1 aromatic carbocycles. The molecule has 0 aliphatic carbocycles. The van der Waals surface area contributed by atoms with E-state index in [2.05, 4.69) is 0 Å². The molecule has 0 bridgehead atoms. The summed E-state index contributed by atoms with van der Waals surface area (Å²) in [4.78, 5) is 51.5. The van der Waals surface area contributed by atoms with Gasteiger partial charge < -0.3 is 18.8 Å². The molecule has 9 nitrogen and oxygen atoms in total. The van der Waals surface area contributed by atoms with Gasteiger partial charge in [0.1, 0.15) is 11.2 Å². The zero-order valence-electron chi connectivity index (χ0n) is 20.4. The van der Waals surface area contributed by atoms with Gasteiger partial charge in [-0.25, -0.2) is 14.4 Å². The van der Waals surface area contributed by atoms with Crippen molar-refractivity contribution in [3.8, 4) is 0 Å². The molecular weight excluding hydrogens is 428 g/mol. The van der Waals surface area contributed by atoms with Crippen LogP contribution in [0, 0.1) is 0 Å². The molecule has 2 amide bonds. The Bertz CT molecular complexity index is 1020. The minimum absolute atomic E-state index is 0.405. The molecule has 0 spiro atoms. The van der Waals surface area contributed by atoms with Gasteiger partial charge >= 0.3 is 18.2 Å². The molecule has 0 aliphatic rings.